The number of carbonyl (C=O) groups is 2. The van der Waals surface area contributed by atoms with Gasteiger partial charge in [0, 0.05) is 6.08 Å². The highest BCUT2D eigenvalue weighted by Crippen LogP contribution is 2.15. The molecule has 0 heterocycles. The van der Waals surface area contributed by atoms with Crippen LogP contribution in [0, 0.1) is 5.92 Å². The fraction of sp³-hybridized carbons (Fsp3) is 0.474. The Morgan fingerprint density at radius 3 is 2.26 bits per heavy atom. The SMILES string of the molecule is CCC(C)[C@@H](NC(=O)/C=C/c1ccc(C(C)C)cc1)C(=O)OC. The van der Waals surface area contributed by atoms with E-state index < -0.39 is 12.0 Å². The number of nitrogens with one attached hydrogen (secondary N) is 1. The highest BCUT2D eigenvalue weighted by Gasteiger charge is 2.25. The van der Waals surface area contributed by atoms with Crippen LogP contribution in [0.15, 0.2) is 30.3 Å². The number of amides is 1. The Balaban J connectivity index is 2.71. The van der Waals surface area contributed by atoms with E-state index in [0.29, 0.717) is 5.92 Å². The van der Waals surface area contributed by atoms with E-state index in [1.807, 2.05) is 26.0 Å². The van der Waals surface area contributed by atoms with Gasteiger partial charge in [0.15, 0.2) is 0 Å². The molecule has 0 saturated carbocycles. The summed E-state index contributed by atoms with van der Waals surface area (Å²) >= 11 is 0. The molecule has 2 atom stereocenters. The molecule has 0 radical (unpaired) electrons. The molecule has 1 aromatic rings. The minimum absolute atomic E-state index is 0.0186. The van der Waals surface area contributed by atoms with Crippen LogP contribution in [-0.4, -0.2) is 25.0 Å². The molecule has 4 heteroatoms. The van der Waals surface area contributed by atoms with E-state index in [9.17, 15) is 9.59 Å². The fourth-order valence-electron chi connectivity index (χ4n) is 2.16. The lowest BCUT2D eigenvalue weighted by Crippen LogP contribution is -2.45. The molecule has 0 bridgehead atoms. The topological polar surface area (TPSA) is 55.4 Å². The molecule has 0 saturated heterocycles. The van der Waals surface area contributed by atoms with Gasteiger partial charge in [-0.25, -0.2) is 4.79 Å². The summed E-state index contributed by atoms with van der Waals surface area (Å²) in [7, 11) is 1.33. The maximum Gasteiger partial charge on any atom is 0.328 e. The lowest BCUT2D eigenvalue weighted by molar-refractivity contribution is -0.146. The van der Waals surface area contributed by atoms with Crippen molar-refractivity contribution in [3.05, 3.63) is 41.5 Å². The quantitative estimate of drug-likeness (QED) is 0.618. The molecule has 0 aliphatic heterocycles. The second kappa shape index (κ2) is 9.13. The Labute approximate surface area is 138 Å². The van der Waals surface area contributed by atoms with Crippen LogP contribution in [0.1, 0.15) is 51.2 Å². The monoisotopic (exact) mass is 317 g/mol. The average Bonchev–Trinajstić information content (AvgIpc) is 2.56. The van der Waals surface area contributed by atoms with Crippen LogP contribution in [0.2, 0.25) is 0 Å². The van der Waals surface area contributed by atoms with Crippen LogP contribution in [0.5, 0.6) is 0 Å². The summed E-state index contributed by atoms with van der Waals surface area (Å²) in [5.74, 6) is -0.214. The number of hydrogen-bond acceptors (Lipinski definition) is 3. The Bertz CT molecular complexity index is 546. The van der Waals surface area contributed by atoms with E-state index in [2.05, 4.69) is 31.3 Å². The van der Waals surface area contributed by atoms with E-state index in [0.717, 1.165) is 12.0 Å². The summed E-state index contributed by atoms with van der Waals surface area (Å²) in [5.41, 5.74) is 2.21. The standard InChI is InChI=1S/C19H27NO3/c1-6-14(4)18(19(22)23-5)20-17(21)12-9-15-7-10-16(11-8-15)13(2)3/h7-14,18H,6H2,1-5H3,(H,20,21)/b12-9+/t14?,18-/m1/s1. The second-order valence-electron chi connectivity index (χ2n) is 6.05. The lowest BCUT2D eigenvalue weighted by Gasteiger charge is -2.20. The first-order valence-electron chi connectivity index (χ1n) is 8.05. The van der Waals surface area contributed by atoms with Crippen molar-refractivity contribution < 1.29 is 14.3 Å². The van der Waals surface area contributed by atoms with Crippen molar-refractivity contribution in [1.82, 2.24) is 5.32 Å². The molecule has 0 spiro atoms. The molecule has 0 aliphatic carbocycles. The minimum atomic E-state index is -0.620. The van der Waals surface area contributed by atoms with Crippen LogP contribution in [0.3, 0.4) is 0 Å². The summed E-state index contributed by atoms with van der Waals surface area (Å²) in [6, 6.07) is 7.44. The molecular weight excluding hydrogens is 290 g/mol. The number of benzene rings is 1. The second-order valence-corrected chi connectivity index (χ2v) is 6.05. The highest BCUT2D eigenvalue weighted by molar-refractivity contribution is 5.94. The molecule has 1 rings (SSSR count). The Kier molecular flexibility index (Phi) is 7.52. The van der Waals surface area contributed by atoms with Gasteiger partial charge in [0.05, 0.1) is 7.11 Å². The van der Waals surface area contributed by atoms with Crippen LogP contribution in [0.25, 0.3) is 6.08 Å². The van der Waals surface area contributed by atoms with E-state index in [1.54, 1.807) is 6.08 Å². The van der Waals surface area contributed by atoms with Gasteiger partial charge in [-0.05, 0) is 29.0 Å². The van der Waals surface area contributed by atoms with Crippen molar-refractivity contribution in [1.29, 1.82) is 0 Å². The number of rotatable bonds is 7. The van der Waals surface area contributed by atoms with E-state index in [1.165, 1.54) is 18.7 Å². The van der Waals surface area contributed by atoms with Gasteiger partial charge in [-0.3, -0.25) is 4.79 Å². The Morgan fingerprint density at radius 2 is 1.78 bits per heavy atom. The van der Waals surface area contributed by atoms with Gasteiger partial charge in [0.2, 0.25) is 5.91 Å². The third-order valence-electron chi connectivity index (χ3n) is 4.00. The summed E-state index contributed by atoms with van der Waals surface area (Å²) in [6.07, 6.45) is 3.97. The molecule has 1 unspecified atom stereocenters. The first-order chi connectivity index (χ1) is 10.9. The summed E-state index contributed by atoms with van der Waals surface area (Å²) in [6.45, 7) is 8.16. The zero-order chi connectivity index (χ0) is 17.4. The van der Waals surface area contributed by atoms with E-state index >= 15 is 0 Å². The molecule has 126 valence electrons. The van der Waals surface area contributed by atoms with Crippen molar-refractivity contribution in [2.75, 3.05) is 7.11 Å². The molecule has 1 N–H and O–H groups in total. The maximum absolute atomic E-state index is 12.0. The molecule has 1 aromatic carbocycles. The van der Waals surface area contributed by atoms with Crippen molar-refractivity contribution in [2.45, 2.75) is 46.1 Å². The zero-order valence-corrected chi connectivity index (χ0v) is 14.6. The minimum Gasteiger partial charge on any atom is -0.467 e. The van der Waals surface area contributed by atoms with Gasteiger partial charge in [-0.15, -0.1) is 0 Å². The average molecular weight is 317 g/mol. The Hall–Kier alpha value is -2.10. The zero-order valence-electron chi connectivity index (χ0n) is 14.6. The predicted molar refractivity (Wildman–Crippen MR) is 93.0 cm³/mol. The van der Waals surface area contributed by atoms with Gasteiger partial charge in [0.25, 0.3) is 0 Å². The van der Waals surface area contributed by atoms with Crippen molar-refractivity contribution in [3.8, 4) is 0 Å². The van der Waals surface area contributed by atoms with E-state index in [-0.39, 0.29) is 11.8 Å². The maximum atomic E-state index is 12.0. The van der Waals surface area contributed by atoms with Crippen LogP contribution in [0.4, 0.5) is 0 Å². The normalized spacial score (nSPS) is 13.8. The summed E-state index contributed by atoms with van der Waals surface area (Å²) < 4.78 is 4.76. The number of ether oxygens (including phenoxy) is 1. The van der Waals surface area contributed by atoms with Crippen LogP contribution >= 0.6 is 0 Å². The third kappa shape index (κ3) is 5.89. The van der Waals surface area contributed by atoms with Crippen LogP contribution in [-0.2, 0) is 14.3 Å². The van der Waals surface area contributed by atoms with Crippen molar-refractivity contribution in [2.24, 2.45) is 5.92 Å². The fourth-order valence-corrected chi connectivity index (χ4v) is 2.16. The van der Waals surface area contributed by atoms with Gasteiger partial charge in [-0.1, -0.05) is 58.4 Å². The molecular formula is C19H27NO3. The highest BCUT2D eigenvalue weighted by atomic mass is 16.5. The van der Waals surface area contributed by atoms with Gasteiger partial charge >= 0.3 is 5.97 Å². The van der Waals surface area contributed by atoms with Crippen LogP contribution < -0.4 is 5.32 Å². The number of carbonyl (C=O) groups excluding carboxylic acids is 2. The first kappa shape index (κ1) is 18.9. The lowest BCUT2D eigenvalue weighted by atomic mass is 9.99. The number of hydrogen-bond donors (Lipinski definition) is 1. The van der Waals surface area contributed by atoms with Crippen molar-refractivity contribution in [3.63, 3.8) is 0 Å². The van der Waals surface area contributed by atoms with Gasteiger partial charge in [0.1, 0.15) is 6.04 Å². The molecule has 23 heavy (non-hydrogen) atoms. The molecule has 4 nitrogen and oxygen atoms in total. The summed E-state index contributed by atoms with van der Waals surface area (Å²) in [5, 5.41) is 2.72. The molecule has 0 aromatic heterocycles. The first-order valence-corrected chi connectivity index (χ1v) is 8.05. The largest absolute Gasteiger partial charge is 0.467 e. The van der Waals surface area contributed by atoms with Gasteiger partial charge < -0.3 is 10.1 Å². The molecule has 0 aliphatic rings. The third-order valence-corrected chi connectivity index (χ3v) is 4.00. The summed E-state index contributed by atoms with van der Waals surface area (Å²) in [4.78, 5) is 23.8. The Morgan fingerprint density at radius 1 is 1.17 bits per heavy atom. The van der Waals surface area contributed by atoms with Crippen molar-refractivity contribution >= 4 is 18.0 Å². The van der Waals surface area contributed by atoms with Gasteiger partial charge in [-0.2, -0.15) is 0 Å². The number of esters is 1. The predicted octanol–water partition coefficient (Wildman–Crippen LogP) is 3.53. The molecule has 0 fully saturated rings. The van der Waals surface area contributed by atoms with E-state index in [4.69, 9.17) is 4.74 Å². The number of methoxy groups -OCH3 is 1. The smallest absolute Gasteiger partial charge is 0.328 e. The molecule has 1 amide bonds.